The van der Waals surface area contributed by atoms with Crippen LogP contribution in [0.4, 0.5) is 0 Å². The van der Waals surface area contributed by atoms with E-state index in [1.54, 1.807) is 6.08 Å². The topological polar surface area (TPSA) is 43.4 Å². The first-order chi connectivity index (χ1) is 15.7. The van der Waals surface area contributed by atoms with Crippen molar-refractivity contribution in [1.29, 1.82) is 0 Å². The van der Waals surface area contributed by atoms with Gasteiger partial charge in [-0.05, 0) is 48.5 Å². The van der Waals surface area contributed by atoms with Gasteiger partial charge in [0.15, 0.2) is 0 Å². The smallest absolute Gasteiger partial charge is 0.343 e. The predicted molar refractivity (Wildman–Crippen MR) is 131 cm³/mol. The molecule has 3 rings (SSSR count). The number of aldehydes is 1. The average molecular weight is 429 g/mol. The van der Waals surface area contributed by atoms with Crippen LogP contribution in [0, 0.1) is 5.92 Å². The molecule has 166 valence electrons. The minimum atomic E-state index is -0.295. The molecule has 2 aromatic carbocycles. The molecule has 3 nitrogen and oxygen atoms in total. The largest absolute Gasteiger partial charge is 0.422 e. The van der Waals surface area contributed by atoms with E-state index in [4.69, 9.17) is 4.74 Å². The Morgan fingerprint density at radius 3 is 2.38 bits per heavy atom. The summed E-state index contributed by atoms with van der Waals surface area (Å²) in [4.78, 5) is 23.7. The molecule has 0 aromatic heterocycles. The maximum absolute atomic E-state index is 12.9. The van der Waals surface area contributed by atoms with Crippen LogP contribution >= 0.6 is 0 Å². The standard InChI is InChI=1S/C29H32O3/c1-2-3-4-7-14-23(15-12-13-20-30)21-26(24-16-8-5-9-17-24)27-22-28(32-29(27)31)25-18-10-6-11-19-25/h5-6,8-13,16-20,22-23H,2-4,7,14-15,21H2,1H3/b13-12+,27-26+/t23-/m1/s1. The fourth-order valence-corrected chi connectivity index (χ4v) is 4.13. The first kappa shape index (κ1) is 23.5. The van der Waals surface area contributed by atoms with Crippen molar-refractivity contribution in [3.8, 4) is 0 Å². The Kier molecular flexibility index (Phi) is 9.24. The number of esters is 1. The Bertz CT molecular complexity index is 968. The number of carbonyl (C=O) groups is 2. The van der Waals surface area contributed by atoms with Gasteiger partial charge in [-0.25, -0.2) is 4.79 Å². The SMILES string of the molecule is CCCCCC[C@H](C/C=C/C=O)C/C(=C1/C=C(c2ccccc2)OC1=O)c1ccccc1. The van der Waals surface area contributed by atoms with Crippen LogP contribution in [-0.2, 0) is 14.3 Å². The van der Waals surface area contributed by atoms with Gasteiger partial charge in [-0.2, -0.15) is 0 Å². The number of rotatable bonds is 12. The number of ether oxygens (including phenoxy) is 1. The molecule has 0 radical (unpaired) electrons. The van der Waals surface area contributed by atoms with Gasteiger partial charge in [0.25, 0.3) is 0 Å². The van der Waals surface area contributed by atoms with Crippen LogP contribution < -0.4 is 0 Å². The van der Waals surface area contributed by atoms with Crippen molar-refractivity contribution in [2.75, 3.05) is 0 Å². The van der Waals surface area contributed by atoms with Crippen molar-refractivity contribution in [1.82, 2.24) is 0 Å². The van der Waals surface area contributed by atoms with E-state index in [0.717, 1.165) is 48.7 Å². The molecule has 1 aliphatic rings. The minimum absolute atomic E-state index is 0.295. The van der Waals surface area contributed by atoms with E-state index in [0.29, 0.717) is 17.3 Å². The lowest BCUT2D eigenvalue weighted by Crippen LogP contribution is -2.06. The van der Waals surface area contributed by atoms with E-state index in [-0.39, 0.29) is 5.97 Å². The van der Waals surface area contributed by atoms with Crippen LogP contribution in [0.25, 0.3) is 11.3 Å². The normalized spacial score (nSPS) is 16.0. The van der Waals surface area contributed by atoms with Crippen LogP contribution in [0.2, 0.25) is 0 Å². The molecule has 0 saturated carbocycles. The summed E-state index contributed by atoms with van der Waals surface area (Å²) in [5.74, 6) is 0.656. The maximum Gasteiger partial charge on any atom is 0.343 e. The molecule has 0 amide bonds. The maximum atomic E-state index is 12.9. The second-order valence-corrected chi connectivity index (χ2v) is 8.24. The number of hydrogen-bond donors (Lipinski definition) is 0. The Hall–Kier alpha value is -3.20. The lowest BCUT2D eigenvalue weighted by Gasteiger charge is -2.19. The quantitative estimate of drug-likeness (QED) is 0.156. The summed E-state index contributed by atoms with van der Waals surface area (Å²) in [5, 5.41) is 0. The van der Waals surface area contributed by atoms with Gasteiger partial charge in [0.2, 0.25) is 0 Å². The lowest BCUT2D eigenvalue weighted by molar-refractivity contribution is -0.130. The summed E-state index contributed by atoms with van der Waals surface area (Å²) in [7, 11) is 0. The monoisotopic (exact) mass is 428 g/mol. The van der Waals surface area contributed by atoms with Crippen LogP contribution in [-0.4, -0.2) is 12.3 Å². The van der Waals surface area contributed by atoms with Crippen LogP contribution in [0.3, 0.4) is 0 Å². The summed E-state index contributed by atoms with van der Waals surface area (Å²) in [5.41, 5.74) is 3.59. The lowest BCUT2D eigenvalue weighted by atomic mass is 9.85. The highest BCUT2D eigenvalue weighted by molar-refractivity contribution is 6.07. The number of cyclic esters (lactones) is 1. The molecule has 0 unspecified atom stereocenters. The highest BCUT2D eigenvalue weighted by atomic mass is 16.5. The second-order valence-electron chi connectivity index (χ2n) is 8.24. The first-order valence-corrected chi connectivity index (χ1v) is 11.6. The van der Waals surface area contributed by atoms with E-state index < -0.39 is 0 Å². The average Bonchev–Trinajstić information content (AvgIpc) is 3.22. The van der Waals surface area contributed by atoms with E-state index in [2.05, 4.69) is 19.1 Å². The van der Waals surface area contributed by atoms with Gasteiger partial charge in [0.05, 0.1) is 5.57 Å². The molecule has 0 fully saturated rings. The first-order valence-electron chi connectivity index (χ1n) is 11.6. The second kappa shape index (κ2) is 12.6. The van der Waals surface area contributed by atoms with Crippen molar-refractivity contribution in [3.05, 3.63) is 95.6 Å². The zero-order valence-electron chi connectivity index (χ0n) is 18.8. The van der Waals surface area contributed by atoms with Gasteiger partial charge in [-0.15, -0.1) is 0 Å². The highest BCUT2D eigenvalue weighted by Crippen LogP contribution is 2.36. The van der Waals surface area contributed by atoms with Crippen LogP contribution in [0.5, 0.6) is 0 Å². The number of allylic oxidation sites excluding steroid dienone is 3. The van der Waals surface area contributed by atoms with E-state index >= 15 is 0 Å². The van der Waals surface area contributed by atoms with Gasteiger partial charge in [0, 0.05) is 5.56 Å². The molecular weight excluding hydrogens is 396 g/mol. The van der Waals surface area contributed by atoms with Crippen molar-refractivity contribution < 1.29 is 14.3 Å². The molecule has 0 bridgehead atoms. The Morgan fingerprint density at radius 1 is 0.969 bits per heavy atom. The highest BCUT2D eigenvalue weighted by Gasteiger charge is 2.27. The zero-order chi connectivity index (χ0) is 22.6. The van der Waals surface area contributed by atoms with Crippen molar-refractivity contribution in [2.24, 2.45) is 5.92 Å². The van der Waals surface area contributed by atoms with Crippen LogP contribution in [0.1, 0.15) is 63.0 Å². The third-order valence-electron chi connectivity index (χ3n) is 5.85. The van der Waals surface area contributed by atoms with E-state index in [9.17, 15) is 9.59 Å². The Labute approximate surface area is 191 Å². The van der Waals surface area contributed by atoms with Crippen molar-refractivity contribution in [2.45, 2.75) is 51.9 Å². The van der Waals surface area contributed by atoms with Gasteiger partial charge >= 0.3 is 5.97 Å². The number of benzene rings is 2. The predicted octanol–water partition coefficient (Wildman–Crippen LogP) is 7.16. The van der Waals surface area contributed by atoms with Crippen molar-refractivity contribution >= 4 is 23.6 Å². The molecule has 2 aromatic rings. The van der Waals surface area contributed by atoms with Gasteiger partial charge < -0.3 is 4.74 Å². The third kappa shape index (κ3) is 6.65. The molecule has 0 N–H and O–H groups in total. The summed E-state index contributed by atoms with van der Waals surface area (Å²) in [6.45, 7) is 2.21. The van der Waals surface area contributed by atoms with Gasteiger partial charge in [-0.3, -0.25) is 4.79 Å². The van der Waals surface area contributed by atoms with Crippen molar-refractivity contribution in [3.63, 3.8) is 0 Å². The molecule has 1 heterocycles. The van der Waals surface area contributed by atoms with E-state index in [1.807, 2.05) is 60.7 Å². The van der Waals surface area contributed by atoms with Gasteiger partial charge in [0.1, 0.15) is 12.0 Å². The number of hydrogen-bond acceptors (Lipinski definition) is 3. The third-order valence-corrected chi connectivity index (χ3v) is 5.85. The molecule has 1 atom stereocenters. The Morgan fingerprint density at radius 2 is 1.69 bits per heavy atom. The molecule has 32 heavy (non-hydrogen) atoms. The summed E-state index contributed by atoms with van der Waals surface area (Å²) >= 11 is 0. The molecule has 0 saturated heterocycles. The Balaban J connectivity index is 1.94. The molecule has 1 aliphatic heterocycles. The van der Waals surface area contributed by atoms with E-state index in [1.165, 1.54) is 19.3 Å². The molecule has 0 spiro atoms. The molecule has 3 heteroatoms. The molecular formula is C29H32O3. The zero-order valence-corrected chi connectivity index (χ0v) is 18.8. The summed E-state index contributed by atoms with van der Waals surface area (Å²) in [6.07, 6.45) is 13.7. The number of unbranched alkanes of at least 4 members (excludes halogenated alkanes) is 3. The number of carbonyl (C=O) groups excluding carboxylic acids is 2. The summed E-state index contributed by atoms with van der Waals surface area (Å²) in [6, 6.07) is 19.8. The van der Waals surface area contributed by atoms with Gasteiger partial charge in [-0.1, -0.05) is 99.3 Å². The van der Waals surface area contributed by atoms with Crippen LogP contribution in [0.15, 0.2) is 84.5 Å². The molecule has 0 aliphatic carbocycles. The summed E-state index contributed by atoms with van der Waals surface area (Å²) < 4.78 is 5.66. The fourth-order valence-electron chi connectivity index (χ4n) is 4.13. The minimum Gasteiger partial charge on any atom is -0.422 e. The fraction of sp³-hybridized carbons (Fsp3) is 0.310.